The lowest BCUT2D eigenvalue weighted by Crippen LogP contribution is -2.23. The van der Waals surface area contributed by atoms with Gasteiger partial charge in [-0.15, -0.1) is 0 Å². The number of ether oxygens (including phenoxy) is 2. The lowest BCUT2D eigenvalue weighted by atomic mass is 10.2. The number of hydrogen-bond acceptors (Lipinski definition) is 6. The number of nitrogens with zero attached hydrogens (tertiary/aromatic N) is 2. The predicted octanol–water partition coefficient (Wildman–Crippen LogP) is 3.17. The summed E-state index contributed by atoms with van der Waals surface area (Å²) in [6, 6.07) is 12.7. The molecule has 0 fully saturated rings. The van der Waals surface area contributed by atoms with Gasteiger partial charge in [-0.1, -0.05) is 6.07 Å². The summed E-state index contributed by atoms with van der Waals surface area (Å²) in [7, 11) is 3.17. The van der Waals surface area contributed by atoms with E-state index in [1.54, 1.807) is 44.9 Å². The van der Waals surface area contributed by atoms with E-state index in [1.165, 1.54) is 0 Å². The Balaban J connectivity index is 1.69. The molecule has 7 nitrogen and oxygen atoms in total. The van der Waals surface area contributed by atoms with Gasteiger partial charge in [-0.05, 0) is 35.9 Å². The van der Waals surface area contributed by atoms with Crippen molar-refractivity contribution in [3.8, 4) is 11.5 Å². The van der Waals surface area contributed by atoms with Crippen LogP contribution in [0, 0.1) is 0 Å². The molecule has 1 amide bonds. The van der Waals surface area contributed by atoms with Crippen LogP contribution in [0.1, 0.15) is 16.1 Å². The first-order chi connectivity index (χ1) is 13.2. The lowest BCUT2D eigenvalue weighted by molar-refractivity contribution is 0.0946. The molecule has 3 aromatic rings. The standard InChI is InChI=1S/C20H20N4O3/c1-26-18-6-5-15(11-19(18)27-2)24-16-7-9-22-17(10-16)20(25)23-13-14-4-3-8-21-12-14/h3-12H,13H2,1-2H3,(H,22,24)(H,23,25). The molecule has 2 aromatic heterocycles. The Kier molecular flexibility index (Phi) is 5.84. The third-order valence-corrected chi connectivity index (χ3v) is 3.84. The number of aromatic nitrogens is 2. The minimum Gasteiger partial charge on any atom is -0.493 e. The Bertz CT molecular complexity index is 916. The first-order valence-corrected chi connectivity index (χ1v) is 8.32. The molecule has 3 rings (SSSR count). The van der Waals surface area contributed by atoms with Crippen molar-refractivity contribution in [2.45, 2.75) is 6.54 Å². The van der Waals surface area contributed by atoms with Crippen LogP contribution in [0.5, 0.6) is 11.5 Å². The minimum atomic E-state index is -0.255. The summed E-state index contributed by atoms with van der Waals surface area (Å²) < 4.78 is 10.5. The molecular weight excluding hydrogens is 344 g/mol. The monoisotopic (exact) mass is 364 g/mol. The van der Waals surface area contributed by atoms with E-state index in [4.69, 9.17) is 9.47 Å². The van der Waals surface area contributed by atoms with Crippen LogP contribution in [0.3, 0.4) is 0 Å². The minimum absolute atomic E-state index is 0.255. The van der Waals surface area contributed by atoms with E-state index in [0.29, 0.717) is 23.7 Å². The lowest BCUT2D eigenvalue weighted by Gasteiger charge is -2.12. The Morgan fingerprint density at radius 3 is 2.56 bits per heavy atom. The molecule has 0 saturated heterocycles. The molecule has 138 valence electrons. The smallest absolute Gasteiger partial charge is 0.270 e. The summed E-state index contributed by atoms with van der Waals surface area (Å²) >= 11 is 0. The van der Waals surface area contributed by atoms with Crippen molar-refractivity contribution in [3.05, 3.63) is 72.3 Å². The van der Waals surface area contributed by atoms with Gasteiger partial charge < -0.3 is 20.1 Å². The number of nitrogens with one attached hydrogen (secondary N) is 2. The van der Waals surface area contributed by atoms with Gasteiger partial charge in [-0.2, -0.15) is 0 Å². The van der Waals surface area contributed by atoms with Gasteiger partial charge in [0, 0.05) is 42.6 Å². The zero-order valence-electron chi connectivity index (χ0n) is 15.1. The van der Waals surface area contributed by atoms with Crippen molar-refractivity contribution in [3.63, 3.8) is 0 Å². The highest BCUT2D eigenvalue weighted by Crippen LogP contribution is 2.31. The highest BCUT2D eigenvalue weighted by Gasteiger charge is 2.09. The molecule has 1 aromatic carbocycles. The molecule has 27 heavy (non-hydrogen) atoms. The zero-order valence-corrected chi connectivity index (χ0v) is 15.1. The first-order valence-electron chi connectivity index (χ1n) is 8.32. The molecule has 0 aliphatic heterocycles. The van der Waals surface area contributed by atoms with Gasteiger partial charge in [0.15, 0.2) is 11.5 Å². The van der Waals surface area contributed by atoms with Crippen molar-refractivity contribution in [2.24, 2.45) is 0 Å². The van der Waals surface area contributed by atoms with E-state index in [0.717, 1.165) is 16.9 Å². The number of methoxy groups -OCH3 is 2. The molecule has 0 aliphatic carbocycles. The van der Waals surface area contributed by atoms with Crippen LogP contribution in [-0.2, 0) is 6.54 Å². The van der Waals surface area contributed by atoms with Crippen LogP contribution in [0.25, 0.3) is 0 Å². The number of anilines is 2. The summed E-state index contributed by atoms with van der Waals surface area (Å²) in [5.74, 6) is 1.01. The fourth-order valence-electron chi connectivity index (χ4n) is 2.49. The number of benzene rings is 1. The van der Waals surface area contributed by atoms with Gasteiger partial charge in [0.1, 0.15) is 5.69 Å². The van der Waals surface area contributed by atoms with Gasteiger partial charge in [0.25, 0.3) is 5.91 Å². The van der Waals surface area contributed by atoms with Gasteiger partial charge in [0.2, 0.25) is 0 Å². The number of rotatable bonds is 7. The van der Waals surface area contributed by atoms with Crippen molar-refractivity contribution in [2.75, 3.05) is 19.5 Å². The van der Waals surface area contributed by atoms with Crippen molar-refractivity contribution >= 4 is 17.3 Å². The van der Waals surface area contributed by atoms with Crippen LogP contribution in [0.2, 0.25) is 0 Å². The summed E-state index contributed by atoms with van der Waals surface area (Å²) in [6.45, 7) is 0.391. The third-order valence-electron chi connectivity index (χ3n) is 3.84. The van der Waals surface area contributed by atoms with Gasteiger partial charge in [-0.25, -0.2) is 0 Å². The Morgan fingerprint density at radius 2 is 1.81 bits per heavy atom. The summed E-state index contributed by atoms with van der Waals surface area (Å²) in [6.07, 6.45) is 4.99. The van der Waals surface area contributed by atoms with E-state index < -0.39 is 0 Å². The third kappa shape index (κ3) is 4.72. The highest BCUT2D eigenvalue weighted by molar-refractivity contribution is 5.93. The first kappa shape index (κ1) is 18.2. The van der Waals surface area contributed by atoms with Crippen molar-refractivity contribution < 1.29 is 14.3 Å². The van der Waals surface area contributed by atoms with E-state index in [1.807, 2.05) is 30.3 Å². The van der Waals surface area contributed by atoms with E-state index >= 15 is 0 Å². The Labute approximate surface area is 157 Å². The molecule has 0 saturated carbocycles. The molecule has 0 atom stereocenters. The normalized spacial score (nSPS) is 10.1. The highest BCUT2D eigenvalue weighted by atomic mass is 16.5. The maximum absolute atomic E-state index is 12.3. The number of pyridine rings is 2. The van der Waals surface area contributed by atoms with Gasteiger partial charge in [0.05, 0.1) is 14.2 Å². The number of amides is 1. The molecule has 0 aliphatic rings. The second-order valence-electron chi connectivity index (χ2n) is 5.67. The molecule has 0 radical (unpaired) electrons. The largest absolute Gasteiger partial charge is 0.493 e. The maximum atomic E-state index is 12.3. The molecule has 7 heteroatoms. The molecule has 2 N–H and O–H groups in total. The van der Waals surface area contributed by atoms with Gasteiger partial charge in [-0.3, -0.25) is 14.8 Å². The number of carbonyl (C=O) groups excluding carboxylic acids is 1. The fourth-order valence-corrected chi connectivity index (χ4v) is 2.49. The van der Waals surface area contributed by atoms with Crippen molar-refractivity contribution in [1.82, 2.24) is 15.3 Å². The van der Waals surface area contributed by atoms with Crippen molar-refractivity contribution in [1.29, 1.82) is 0 Å². The maximum Gasteiger partial charge on any atom is 0.270 e. The second kappa shape index (κ2) is 8.66. The van der Waals surface area contributed by atoms with Crippen LogP contribution >= 0.6 is 0 Å². The molecule has 0 unspecified atom stereocenters. The molecular formula is C20H20N4O3. The zero-order chi connectivity index (χ0) is 19.1. The average molecular weight is 364 g/mol. The second-order valence-corrected chi connectivity index (χ2v) is 5.67. The summed E-state index contributed by atoms with van der Waals surface area (Å²) in [4.78, 5) is 20.5. The van der Waals surface area contributed by atoms with Gasteiger partial charge >= 0.3 is 0 Å². The topological polar surface area (TPSA) is 85.4 Å². The van der Waals surface area contributed by atoms with Crippen LogP contribution in [-0.4, -0.2) is 30.1 Å². The average Bonchev–Trinajstić information content (AvgIpc) is 2.73. The van der Waals surface area contributed by atoms with E-state index in [-0.39, 0.29) is 5.91 Å². The SMILES string of the molecule is COc1ccc(Nc2ccnc(C(=O)NCc3cccnc3)c2)cc1OC. The predicted molar refractivity (Wildman–Crippen MR) is 102 cm³/mol. The van der Waals surface area contributed by atoms with E-state index in [2.05, 4.69) is 20.6 Å². The van der Waals surface area contributed by atoms with E-state index in [9.17, 15) is 4.79 Å². The Morgan fingerprint density at radius 1 is 1.00 bits per heavy atom. The summed E-state index contributed by atoms with van der Waals surface area (Å²) in [5.41, 5.74) is 2.79. The molecule has 2 heterocycles. The molecule has 0 spiro atoms. The van der Waals surface area contributed by atoms with Crippen LogP contribution in [0.15, 0.2) is 61.1 Å². The molecule has 0 bridgehead atoms. The van der Waals surface area contributed by atoms with Crippen LogP contribution < -0.4 is 20.1 Å². The number of carbonyl (C=O) groups is 1. The summed E-state index contributed by atoms with van der Waals surface area (Å²) in [5, 5.41) is 6.07. The Hall–Kier alpha value is -3.61. The van der Waals surface area contributed by atoms with Crippen LogP contribution in [0.4, 0.5) is 11.4 Å². The number of hydrogen-bond donors (Lipinski definition) is 2. The quantitative estimate of drug-likeness (QED) is 0.670. The fraction of sp³-hybridized carbons (Fsp3) is 0.150.